The number of methoxy groups -OCH3 is 2. The fraction of sp³-hybridized carbons (Fsp3) is 0.310. The zero-order chi connectivity index (χ0) is 27.1. The molecule has 9 nitrogen and oxygen atoms in total. The summed E-state index contributed by atoms with van der Waals surface area (Å²) in [6, 6.07) is 15.1. The lowest BCUT2D eigenvalue weighted by Crippen LogP contribution is -2.26. The molecule has 4 aromatic rings. The Labute approximate surface area is 222 Å². The number of hydrogen-bond donors (Lipinski definition) is 0. The third-order valence-corrected chi connectivity index (χ3v) is 6.60. The number of fused-ring (bicyclic) bond motifs is 1. The Kier molecular flexibility index (Phi) is 8.56. The summed E-state index contributed by atoms with van der Waals surface area (Å²) in [5, 5.41) is 9.13. The molecular weight excluding hydrogens is 480 g/mol. The van der Waals surface area contributed by atoms with E-state index in [0.717, 1.165) is 27.9 Å². The number of pyridine rings is 2. The van der Waals surface area contributed by atoms with Crippen LogP contribution in [0.1, 0.15) is 24.8 Å². The molecule has 38 heavy (non-hydrogen) atoms. The largest absolute Gasteiger partial charge is 0.494 e. The second-order valence-electron chi connectivity index (χ2n) is 9.11. The van der Waals surface area contributed by atoms with Gasteiger partial charge in [0, 0.05) is 24.4 Å². The summed E-state index contributed by atoms with van der Waals surface area (Å²) in [5.41, 5.74) is 4.88. The number of piperidine rings is 1. The molecule has 0 spiro atoms. The minimum atomic E-state index is -0.500. The fourth-order valence-electron chi connectivity index (χ4n) is 4.47. The van der Waals surface area contributed by atoms with Crippen LogP contribution in [0, 0.1) is 11.3 Å². The number of benzene rings is 1. The van der Waals surface area contributed by atoms with E-state index in [1.54, 1.807) is 51.1 Å². The summed E-state index contributed by atoms with van der Waals surface area (Å²) in [7, 11) is 6.73. The van der Waals surface area contributed by atoms with Crippen LogP contribution in [-0.4, -0.2) is 66.8 Å². The summed E-state index contributed by atoms with van der Waals surface area (Å²) in [5.74, 6) is 1.14. The molecular formula is C29H32N6O3. The molecule has 1 fully saturated rings. The molecule has 0 saturated carbocycles. The van der Waals surface area contributed by atoms with Crippen molar-refractivity contribution in [2.75, 3.05) is 46.3 Å². The fourth-order valence-corrected chi connectivity index (χ4v) is 4.47. The lowest BCUT2D eigenvalue weighted by molar-refractivity contribution is 0.180. The third kappa shape index (κ3) is 5.76. The first-order valence-corrected chi connectivity index (χ1v) is 12.5. The highest BCUT2D eigenvalue weighted by molar-refractivity contribution is 5.88. The molecule has 3 aromatic heterocycles. The van der Waals surface area contributed by atoms with E-state index in [9.17, 15) is 4.79 Å². The lowest BCUT2D eigenvalue weighted by atomic mass is 9.98. The van der Waals surface area contributed by atoms with Gasteiger partial charge in [0.2, 0.25) is 0 Å². The Hall–Kier alpha value is -4.42. The first-order valence-electron chi connectivity index (χ1n) is 12.5. The van der Waals surface area contributed by atoms with Gasteiger partial charge in [-0.15, -0.1) is 0 Å². The molecule has 196 valence electrons. The van der Waals surface area contributed by atoms with Crippen LogP contribution in [0.25, 0.3) is 27.9 Å². The van der Waals surface area contributed by atoms with Crippen molar-refractivity contribution >= 4 is 17.4 Å². The average molecular weight is 513 g/mol. The molecule has 5 rings (SSSR count). The van der Waals surface area contributed by atoms with Crippen LogP contribution < -0.4 is 9.64 Å². The van der Waals surface area contributed by atoms with E-state index in [-0.39, 0.29) is 0 Å². The van der Waals surface area contributed by atoms with E-state index in [2.05, 4.69) is 28.0 Å². The van der Waals surface area contributed by atoms with Crippen molar-refractivity contribution < 1.29 is 14.3 Å². The van der Waals surface area contributed by atoms with Gasteiger partial charge in [0.25, 0.3) is 0 Å². The summed E-state index contributed by atoms with van der Waals surface area (Å²) in [4.78, 5) is 24.2. The Bertz CT molecular complexity index is 1420. The van der Waals surface area contributed by atoms with E-state index in [1.807, 2.05) is 28.7 Å². The summed E-state index contributed by atoms with van der Waals surface area (Å²) >= 11 is 0. The highest BCUT2D eigenvalue weighted by Crippen LogP contribution is 2.37. The number of hydrogen-bond acceptors (Lipinski definition) is 7. The maximum absolute atomic E-state index is 11.8. The second-order valence-corrected chi connectivity index (χ2v) is 9.11. The molecule has 4 heterocycles. The number of likely N-dealkylation sites (tertiary alicyclic amines) is 1. The summed E-state index contributed by atoms with van der Waals surface area (Å²) in [6.45, 7) is 2.64. The van der Waals surface area contributed by atoms with Crippen molar-refractivity contribution in [1.82, 2.24) is 19.3 Å². The molecule has 0 radical (unpaired) electrons. The molecule has 1 aliphatic heterocycles. The second kappa shape index (κ2) is 12.2. The molecule has 0 N–H and O–H groups in total. The van der Waals surface area contributed by atoms with Gasteiger partial charge in [-0.05, 0) is 68.9 Å². The Balaban J connectivity index is 0.000000417. The predicted molar refractivity (Wildman–Crippen MR) is 147 cm³/mol. The van der Waals surface area contributed by atoms with Gasteiger partial charge in [-0.2, -0.15) is 5.26 Å². The number of nitriles is 1. The number of nitrogens with zero attached hydrogens (tertiary/aromatic N) is 6. The van der Waals surface area contributed by atoms with Crippen LogP contribution in [0.15, 0.2) is 61.2 Å². The normalized spacial score (nSPS) is 13.2. The van der Waals surface area contributed by atoms with E-state index in [1.165, 1.54) is 44.4 Å². The molecule has 0 bridgehead atoms. The molecule has 0 atom stereocenters. The van der Waals surface area contributed by atoms with E-state index < -0.39 is 6.09 Å². The minimum absolute atomic E-state index is 0.464. The van der Waals surface area contributed by atoms with Crippen molar-refractivity contribution in [3.8, 4) is 34.2 Å². The monoisotopic (exact) mass is 512 g/mol. The quantitative estimate of drug-likeness (QED) is 0.369. The van der Waals surface area contributed by atoms with Crippen molar-refractivity contribution in [3.05, 3.63) is 66.7 Å². The van der Waals surface area contributed by atoms with E-state index >= 15 is 0 Å². The van der Waals surface area contributed by atoms with Crippen molar-refractivity contribution in [1.29, 1.82) is 5.26 Å². The smallest absolute Gasteiger partial charge is 0.414 e. The maximum Gasteiger partial charge on any atom is 0.414 e. The number of amides is 1. The molecule has 1 aromatic carbocycles. The van der Waals surface area contributed by atoms with Gasteiger partial charge in [0.1, 0.15) is 17.1 Å². The minimum Gasteiger partial charge on any atom is -0.494 e. The van der Waals surface area contributed by atoms with Gasteiger partial charge >= 0.3 is 6.09 Å². The van der Waals surface area contributed by atoms with Gasteiger partial charge in [-0.1, -0.05) is 18.6 Å². The van der Waals surface area contributed by atoms with Crippen LogP contribution >= 0.6 is 0 Å². The molecule has 0 aliphatic carbocycles. The lowest BCUT2D eigenvalue weighted by Gasteiger charge is -2.20. The standard InChI is InChI=1S/C23H19N5O3.C6H13N/c1-27(23(29)31-3)21-9-8-17(12-26-21)22-18(16-6-4-15(11-24)5-7-16)10-20(30-2)19-13-25-14-28(19)22;1-7-5-3-2-4-6-7/h4-10,12-14H,1-3H3;2-6H2,1H3. The van der Waals surface area contributed by atoms with Gasteiger partial charge < -0.3 is 14.4 Å². The number of ether oxygens (including phenoxy) is 2. The SMILES string of the molecule is CN1CCCCC1.COC(=O)N(C)c1ccc(-c2c(-c3ccc(C#N)cc3)cc(OC)c3cncn23)cn1. The van der Waals surface area contributed by atoms with Crippen LogP contribution in [0.2, 0.25) is 0 Å². The number of rotatable bonds is 4. The van der Waals surface area contributed by atoms with Gasteiger partial charge in [-0.25, -0.2) is 14.8 Å². The molecule has 9 heteroatoms. The number of aromatic nitrogens is 3. The third-order valence-electron chi connectivity index (χ3n) is 6.60. The molecule has 1 amide bonds. The summed E-state index contributed by atoms with van der Waals surface area (Å²) < 4.78 is 12.3. The first-order chi connectivity index (χ1) is 18.5. The average Bonchev–Trinajstić information content (AvgIpc) is 3.46. The Morgan fingerprint density at radius 2 is 1.74 bits per heavy atom. The van der Waals surface area contributed by atoms with Crippen LogP contribution in [0.3, 0.4) is 0 Å². The number of carbonyl (C=O) groups is 1. The highest BCUT2D eigenvalue weighted by atomic mass is 16.5. The molecule has 0 unspecified atom stereocenters. The van der Waals surface area contributed by atoms with Crippen LogP contribution in [-0.2, 0) is 4.74 Å². The maximum atomic E-state index is 11.8. The Morgan fingerprint density at radius 1 is 1.03 bits per heavy atom. The Morgan fingerprint density at radius 3 is 2.29 bits per heavy atom. The van der Waals surface area contributed by atoms with Crippen molar-refractivity contribution in [2.45, 2.75) is 19.3 Å². The van der Waals surface area contributed by atoms with Crippen LogP contribution in [0.5, 0.6) is 5.75 Å². The van der Waals surface area contributed by atoms with Crippen molar-refractivity contribution in [2.24, 2.45) is 0 Å². The van der Waals surface area contributed by atoms with Gasteiger partial charge in [-0.3, -0.25) is 9.30 Å². The molecule has 1 saturated heterocycles. The zero-order valence-electron chi connectivity index (χ0n) is 22.2. The van der Waals surface area contributed by atoms with E-state index in [4.69, 9.17) is 14.7 Å². The summed E-state index contributed by atoms with van der Waals surface area (Å²) in [6.07, 6.45) is 8.92. The predicted octanol–water partition coefficient (Wildman–Crippen LogP) is 5.25. The zero-order valence-corrected chi connectivity index (χ0v) is 22.2. The highest BCUT2D eigenvalue weighted by Gasteiger charge is 2.18. The van der Waals surface area contributed by atoms with Crippen LogP contribution in [0.4, 0.5) is 10.6 Å². The van der Waals surface area contributed by atoms with Gasteiger partial charge in [0.05, 0.1) is 44.1 Å². The molecule has 1 aliphatic rings. The van der Waals surface area contributed by atoms with E-state index in [0.29, 0.717) is 17.1 Å². The number of carbonyl (C=O) groups excluding carboxylic acids is 1. The van der Waals surface area contributed by atoms with Crippen molar-refractivity contribution in [3.63, 3.8) is 0 Å². The van der Waals surface area contributed by atoms with Gasteiger partial charge in [0.15, 0.2) is 0 Å². The topological polar surface area (TPSA) is 96.0 Å². The number of anilines is 1. The number of imidazole rings is 1. The first kappa shape index (κ1) is 26.6.